The average molecular weight is 373 g/mol. The number of amides is 2. The molecule has 0 saturated carbocycles. The van der Waals surface area contributed by atoms with E-state index in [9.17, 15) is 9.59 Å². The van der Waals surface area contributed by atoms with E-state index in [1.807, 2.05) is 11.8 Å². The van der Waals surface area contributed by atoms with Crippen LogP contribution in [0.5, 0.6) is 0 Å². The number of aromatic carboxylic acids is 1. The summed E-state index contributed by atoms with van der Waals surface area (Å²) in [6.45, 7) is 0.661. The predicted octanol–water partition coefficient (Wildman–Crippen LogP) is 3.41. The molecule has 0 aromatic heterocycles. The lowest BCUT2D eigenvalue weighted by Gasteiger charge is -2.21. The van der Waals surface area contributed by atoms with E-state index in [2.05, 4.69) is 26.6 Å². The molecule has 7 heteroatoms. The van der Waals surface area contributed by atoms with E-state index < -0.39 is 5.97 Å². The molecule has 21 heavy (non-hydrogen) atoms. The third-order valence-electron chi connectivity index (χ3n) is 3.35. The van der Waals surface area contributed by atoms with Crippen molar-refractivity contribution < 1.29 is 14.7 Å². The maximum absolute atomic E-state index is 11.8. The maximum Gasteiger partial charge on any atom is 0.336 e. The number of hydrogen-bond acceptors (Lipinski definition) is 3. The lowest BCUT2D eigenvalue weighted by molar-refractivity contribution is 0.0696. The number of nitrogens with one attached hydrogen (secondary N) is 2. The Morgan fingerprint density at radius 3 is 2.71 bits per heavy atom. The maximum atomic E-state index is 11.8. The van der Waals surface area contributed by atoms with E-state index in [-0.39, 0.29) is 11.6 Å². The van der Waals surface area contributed by atoms with Crippen molar-refractivity contribution in [3.63, 3.8) is 0 Å². The minimum Gasteiger partial charge on any atom is -0.478 e. The Morgan fingerprint density at radius 2 is 2.05 bits per heavy atom. The Balaban J connectivity index is 1.87. The predicted molar refractivity (Wildman–Crippen MR) is 88.2 cm³/mol. The van der Waals surface area contributed by atoms with Crippen LogP contribution in [0.25, 0.3) is 0 Å². The number of carbonyl (C=O) groups excluding carboxylic acids is 1. The lowest BCUT2D eigenvalue weighted by atomic mass is 10.0. The molecule has 1 heterocycles. The van der Waals surface area contributed by atoms with Crippen LogP contribution in [0.2, 0.25) is 0 Å². The van der Waals surface area contributed by atoms with Gasteiger partial charge in [-0.1, -0.05) is 0 Å². The number of carbonyl (C=O) groups is 2. The second-order valence-corrected chi connectivity index (χ2v) is 6.97. The van der Waals surface area contributed by atoms with Crippen LogP contribution in [0.1, 0.15) is 23.2 Å². The van der Waals surface area contributed by atoms with Gasteiger partial charge in [0, 0.05) is 16.7 Å². The molecule has 3 N–H and O–H groups in total. The van der Waals surface area contributed by atoms with E-state index in [1.54, 1.807) is 12.1 Å². The van der Waals surface area contributed by atoms with E-state index >= 15 is 0 Å². The van der Waals surface area contributed by atoms with Crippen LogP contribution < -0.4 is 10.6 Å². The molecule has 1 fully saturated rings. The molecule has 1 aromatic carbocycles. The fourth-order valence-corrected chi connectivity index (χ4v) is 3.75. The van der Waals surface area contributed by atoms with Crippen molar-refractivity contribution >= 4 is 45.4 Å². The number of carboxylic acid groups (broad SMARTS) is 1. The second-order valence-electron chi connectivity index (χ2n) is 4.89. The monoisotopic (exact) mass is 372 g/mol. The van der Waals surface area contributed by atoms with Gasteiger partial charge in [-0.2, -0.15) is 11.8 Å². The molecular formula is C14H17BrN2O3S. The van der Waals surface area contributed by atoms with Crippen molar-refractivity contribution in [3.8, 4) is 0 Å². The highest BCUT2D eigenvalue weighted by Gasteiger charge is 2.15. The van der Waals surface area contributed by atoms with Crippen molar-refractivity contribution in [2.75, 3.05) is 23.4 Å². The van der Waals surface area contributed by atoms with Gasteiger partial charge in [0.2, 0.25) is 0 Å². The number of halogens is 1. The first-order chi connectivity index (χ1) is 10.1. The largest absolute Gasteiger partial charge is 0.478 e. The van der Waals surface area contributed by atoms with Crippen molar-refractivity contribution in [2.24, 2.45) is 5.92 Å². The van der Waals surface area contributed by atoms with Crippen LogP contribution in [0.3, 0.4) is 0 Å². The summed E-state index contributed by atoms with van der Waals surface area (Å²) >= 11 is 5.12. The van der Waals surface area contributed by atoms with Gasteiger partial charge >= 0.3 is 12.0 Å². The summed E-state index contributed by atoms with van der Waals surface area (Å²) in [5.74, 6) is 1.81. The molecular weight excluding hydrogens is 356 g/mol. The quantitative estimate of drug-likeness (QED) is 0.756. The van der Waals surface area contributed by atoms with Gasteiger partial charge in [-0.15, -0.1) is 0 Å². The molecule has 1 aliphatic rings. The number of carboxylic acids is 1. The molecule has 2 rings (SSSR count). The van der Waals surface area contributed by atoms with E-state index in [4.69, 9.17) is 5.11 Å². The first kappa shape index (κ1) is 16.2. The van der Waals surface area contributed by atoms with E-state index in [0.29, 0.717) is 22.6 Å². The van der Waals surface area contributed by atoms with Crippen molar-refractivity contribution in [2.45, 2.75) is 12.8 Å². The number of thioether (sulfide) groups is 1. The number of benzene rings is 1. The SMILES string of the molecule is O=C(NCC1CCSCC1)Nc1ccc(Br)c(C(=O)O)c1. The van der Waals surface area contributed by atoms with Crippen LogP contribution >= 0.6 is 27.7 Å². The van der Waals surface area contributed by atoms with Gasteiger partial charge in [-0.05, 0) is 64.4 Å². The number of anilines is 1. The van der Waals surface area contributed by atoms with Gasteiger partial charge < -0.3 is 15.7 Å². The normalized spacial score (nSPS) is 15.5. The number of rotatable bonds is 4. The highest BCUT2D eigenvalue weighted by atomic mass is 79.9. The first-order valence-electron chi connectivity index (χ1n) is 6.71. The topological polar surface area (TPSA) is 78.4 Å². The zero-order valence-corrected chi connectivity index (χ0v) is 13.8. The zero-order chi connectivity index (χ0) is 15.2. The molecule has 2 amide bonds. The van der Waals surface area contributed by atoms with Gasteiger partial charge in [0.1, 0.15) is 0 Å². The summed E-state index contributed by atoms with van der Waals surface area (Å²) in [5, 5.41) is 14.5. The van der Waals surface area contributed by atoms with Crippen LogP contribution in [-0.4, -0.2) is 35.2 Å². The Kier molecular flexibility index (Phi) is 5.93. The van der Waals surface area contributed by atoms with Crippen LogP contribution in [0.15, 0.2) is 22.7 Å². The Hall–Kier alpha value is -1.21. The molecule has 0 bridgehead atoms. The van der Waals surface area contributed by atoms with E-state index in [0.717, 1.165) is 24.3 Å². The Morgan fingerprint density at radius 1 is 1.33 bits per heavy atom. The minimum absolute atomic E-state index is 0.122. The number of hydrogen-bond donors (Lipinski definition) is 3. The van der Waals surface area contributed by atoms with Gasteiger partial charge in [-0.3, -0.25) is 0 Å². The Labute approximate surface area is 136 Å². The zero-order valence-electron chi connectivity index (χ0n) is 11.4. The molecule has 0 unspecified atom stereocenters. The first-order valence-corrected chi connectivity index (χ1v) is 8.66. The summed E-state index contributed by atoms with van der Waals surface area (Å²) in [4.78, 5) is 22.9. The van der Waals surface area contributed by atoms with E-state index in [1.165, 1.54) is 6.07 Å². The third-order valence-corrected chi connectivity index (χ3v) is 5.09. The van der Waals surface area contributed by atoms with Crippen LogP contribution in [-0.2, 0) is 0 Å². The molecule has 0 aliphatic carbocycles. The van der Waals surface area contributed by atoms with Gasteiger partial charge in [0.25, 0.3) is 0 Å². The third kappa shape index (κ3) is 4.93. The minimum atomic E-state index is -1.04. The van der Waals surface area contributed by atoms with Gasteiger partial charge in [0.15, 0.2) is 0 Å². The smallest absolute Gasteiger partial charge is 0.336 e. The van der Waals surface area contributed by atoms with Crippen molar-refractivity contribution in [1.82, 2.24) is 5.32 Å². The van der Waals surface area contributed by atoms with Crippen molar-refractivity contribution in [1.29, 1.82) is 0 Å². The summed E-state index contributed by atoms with van der Waals surface area (Å²) < 4.78 is 0.487. The molecule has 1 aliphatic heterocycles. The molecule has 1 saturated heterocycles. The number of urea groups is 1. The second kappa shape index (κ2) is 7.70. The molecule has 0 spiro atoms. The standard InChI is InChI=1S/C14H17BrN2O3S/c15-12-2-1-10(7-11(12)13(18)19)17-14(20)16-8-9-3-5-21-6-4-9/h1-2,7,9H,3-6,8H2,(H,18,19)(H2,16,17,20). The fraction of sp³-hybridized carbons (Fsp3) is 0.429. The Bertz CT molecular complexity index is 533. The fourth-order valence-electron chi connectivity index (χ4n) is 2.13. The van der Waals surface area contributed by atoms with Crippen LogP contribution in [0, 0.1) is 5.92 Å². The summed E-state index contributed by atoms with van der Waals surface area (Å²) in [5.41, 5.74) is 0.587. The average Bonchev–Trinajstić information content (AvgIpc) is 2.48. The molecule has 114 valence electrons. The highest BCUT2D eigenvalue weighted by Crippen LogP contribution is 2.22. The van der Waals surface area contributed by atoms with Crippen molar-refractivity contribution in [3.05, 3.63) is 28.2 Å². The van der Waals surface area contributed by atoms with Gasteiger partial charge in [-0.25, -0.2) is 9.59 Å². The molecule has 1 aromatic rings. The summed E-state index contributed by atoms with van der Waals surface area (Å²) in [6, 6.07) is 4.40. The molecule has 0 radical (unpaired) electrons. The molecule has 5 nitrogen and oxygen atoms in total. The van der Waals surface area contributed by atoms with Gasteiger partial charge in [0.05, 0.1) is 5.56 Å². The van der Waals surface area contributed by atoms with Crippen LogP contribution in [0.4, 0.5) is 10.5 Å². The summed E-state index contributed by atoms with van der Waals surface area (Å²) in [6.07, 6.45) is 2.26. The molecule has 0 atom stereocenters. The lowest BCUT2D eigenvalue weighted by Crippen LogP contribution is -2.34. The summed E-state index contributed by atoms with van der Waals surface area (Å²) in [7, 11) is 0. The highest BCUT2D eigenvalue weighted by molar-refractivity contribution is 9.10.